The van der Waals surface area contributed by atoms with E-state index < -0.39 is 0 Å². The third kappa shape index (κ3) is 3.94. The lowest BCUT2D eigenvalue weighted by Gasteiger charge is -2.42. The first-order chi connectivity index (χ1) is 8.66. The van der Waals surface area contributed by atoms with Gasteiger partial charge in [0, 0.05) is 12.1 Å². The molecule has 0 saturated carbocycles. The summed E-state index contributed by atoms with van der Waals surface area (Å²) in [4.78, 5) is 5.29. The molecule has 2 rings (SSSR count). The molecule has 2 aliphatic rings. The van der Waals surface area contributed by atoms with E-state index in [1.165, 1.54) is 58.3 Å². The highest BCUT2D eigenvalue weighted by molar-refractivity contribution is 4.83. The first-order valence-corrected chi connectivity index (χ1v) is 7.83. The molecule has 0 radical (unpaired) electrons. The van der Waals surface area contributed by atoms with E-state index in [9.17, 15) is 5.11 Å². The summed E-state index contributed by atoms with van der Waals surface area (Å²) in [5, 5.41) is 9.47. The molecule has 2 saturated heterocycles. The van der Waals surface area contributed by atoms with Crippen molar-refractivity contribution in [3.63, 3.8) is 0 Å². The molecule has 0 aromatic rings. The molecule has 3 heteroatoms. The van der Waals surface area contributed by atoms with Crippen LogP contribution < -0.4 is 0 Å². The minimum absolute atomic E-state index is 0.167. The molecule has 3 nitrogen and oxygen atoms in total. The Hall–Kier alpha value is -0.120. The fourth-order valence-corrected chi connectivity index (χ4v) is 3.62. The molecule has 2 atom stereocenters. The zero-order valence-electron chi connectivity index (χ0n) is 12.1. The molecule has 106 valence electrons. The van der Waals surface area contributed by atoms with E-state index in [0.29, 0.717) is 6.04 Å². The van der Waals surface area contributed by atoms with Crippen LogP contribution in [0.15, 0.2) is 0 Å². The van der Waals surface area contributed by atoms with E-state index >= 15 is 0 Å². The molecule has 0 aromatic heterocycles. The van der Waals surface area contributed by atoms with Crippen molar-refractivity contribution < 1.29 is 5.11 Å². The molecule has 0 aromatic carbocycles. The van der Waals surface area contributed by atoms with Crippen LogP contribution in [-0.2, 0) is 0 Å². The second-order valence-electron chi connectivity index (χ2n) is 6.30. The number of hydrogen-bond donors (Lipinski definition) is 1. The Morgan fingerprint density at radius 1 is 1.00 bits per heavy atom. The number of aliphatic hydroxyl groups excluding tert-OH is 1. The molecule has 18 heavy (non-hydrogen) atoms. The lowest BCUT2D eigenvalue weighted by molar-refractivity contribution is 0.0592. The highest BCUT2D eigenvalue weighted by atomic mass is 16.3. The Bertz CT molecular complexity index is 231. The molecular formula is C15H30N2O. The van der Waals surface area contributed by atoms with Crippen LogP contribution in [0.5, 0.6) is 0 Å². The molecule has 1 N–H and O–H groups in total. The maximum atomic E-state index is 9.47. The Kier molecular flexibility index (Phi) is 5.46. The fraction of sp³-hybridized carbons (Fsp3) is 1.00. The van der Waals surface area contributed by atoms with Crippen LogP contribution >= 0.6 is 0 Å². The highest BCUT2D eigenvalue weighted by Crippen LogP contribution is 2.22. The average Bonchev–Trinajstić information content (AvgIpc) is 2.39. The van der Waals surface area contributed by atoms with Gasteiger partial charge in [-0.3, -0.25) is 0 Å². The van der Waals surface area contributed by atoms with Crippen LogP contribution in [0.1, 0.15) is 52.4 Å². The van der Waals surface area contributed by atoms with Crippen molar-refractivity contribution in [1.82, 2.24) is 9.80 Å². The summed E-state index contributed by atoms with van der Waals surface area (Å²) in [7, 11) is 0. The van der Waals surface area contributed by atoms with Gasteiger partial charge in [-0.2, -0.15) is 0 Å². The number of hydrogen-bond acceptors (Lipinski definition) is 3. The Morgan fingerprint density at radius 3 is 2.17 bits per heavy atom. The van der Waals surface area contributed by atoms with Gasteiger partial charge in [-0.15, -0.1) is 0 Å². The number of piperidine rings is 2. The highest BCUT2D eigenvalue weighted by Gasteiger charge is 2.27. The lowest BCUT2D eigenvalue weighted by atomic mass is 9.98. The topological polar surface area (TPSA) is 26.7 Å². The van der Waals surface area contributed by atoms with Gasteiger partial charge >= 0.3 is 0 Å². The van der Waals surface area contributed by atoms with Crippen molar-refractivity contribution in [2.75, 3.05) is 26.2 Å². The molecule has 0 bridgehead atoms. The third-order valence-electron chi connectivity index (χ3n) is 4.71. The number of likely N-dealkylation sites (tertiary alicyclic amines) is 2. The zero-order chi connectivity index (χ0) is 13.0. The largest absolute Gasteiger partial charge is 0.393 e. The third-order valence-corrected chi connectivity index (χ3v) is 4.71. The summed E-state index contributed by atoms with van der Waals surface area (Å²) in [5.41, 5.74) is 0. The van der Waals surface area contributed by atoms with Crippen molar-refractivity contribution in [3.8, 4) is 0 Å². The molecule has 2 unspecified atom stereocenters. The summed E-state index contributed by atoms with van der Waals surface area (Å²) in [6.45, 7) is 9.25. The monoisotopic (exact) mass is 254 g/mol. The minimum Gasteiger partial charge on any atom is -0.393 e. The first-order valence-electron chi connectivity index (χ1n) is 7.83. The Labute approximate surface area is 112 Å². The summed E-state index contributed by atoms with van der Waals surface area (Å²) in [5.74, 6) is 0. The summed E-state index contributed by atoms with van der Waals surface area (Å²) >= 11 is 0. The number of nitrogens with zero attached hydrogens (tertiary/aromatic N) is 2. The summed E-state index contributed by atoms with van der Waals surface area (Å²) in [6, 6.07) is 1.37. The Balaban J connectivity index is 1.73. The quantitative estimate of drug-likeness (QED) is 0.832. The standard InChI is InChI=1S/C15H30N2O/c1-13(12-14(2)18)16-10-6-15(7-11-16)17-8-4-3-5-9-17/h13-15,18H,3-12H2,1-2H3. The normalized spacial score (nSPS) is 28.2. The second kappa shape index (κ2) is 6.88. The van der Waals surface area contributed by atoms with Crippen LogP contribution in [-0.4, -0.2) is 59.3 Å². The molecule has 0 amide bonds. The van der Waals surface area contributed by atoms with E-state index in [-0.39, 0.29) is 6.10 Å². The first kappa shape index (κ1) is 14.3. The molecule has 2 fully saturated rings. The second-order valence-corrected chi connectivity index (χ2v) is 6.30. The van der Waals surface area contributed by atoms with Crippen molar-refractivity contribution in [2.45, 2.75) is 70.6 Å². The van der Waals surface area contributed by atoms with Crippen molar-refractivity contribution in [3.05, 3.63) is 0 Å². The maximum absolute atomic E-state index is 9.47. The van der Waals surface area contributed by atoms with Gasteiger partial charge in [-0.1, -0.05) is 6.42 Å². The zero-order valence-corrected chi connectivity index (χ0v) is 12.1. The predicted octanol–water partition coefficient (Wildman–Crippen LogP) is 2.10. The van der Waals surface area contributed by atoms with Gasteiger partial charge in [0.1, 0.15) is 0 Å². The summed E-state index contributed by atoms with van der Waals surface area (Å²) in [6.07, 6.45) is 7.63. The van der Waals surface area contributed by atoms with Gasteiger partial charge in [-0.25, -0.2) is 0 Å². The van der Waals surface area contributed by atoms with Gasteiger partial charge in [0.2, 0.25) is 0 Å². The van der Waals surface area contributed by atoms with Crippen LogP contribution in [0.3, 0.4) is 0 Å². The van der Waals surface area contributed by atoms with Gasteiger partial charge in [0.15, 0.2) is 0 Å². The molecule has 2 heterocycles. The van der Waals surface area contributed by atoms with Crippen LogP contribution in [0.2, 0.25) is 0 Å². The average molecular weight is 254 g/mol. The Morgan fingerprint density at radius 2 is 1.61 bits per heavy atom. The molecular weight excluding hydrogens is 224 g/mol. The number of rotatable bonds is 4. The fourth-order valence-electron chi connectivity index (χ4n) is 3.62. The van der Waals surface area contributed by atoms with E-state index in [1.54, 1.807) is 0 Å². The smallest absolute Gasteiger partial charge is 0.0526 e. The van der Waals surface area contributed by atoms with Crippen LogP contribution in [0.25, 0.3) is 0 Å². The molecule has 0 aliphatic carbocycles. The predicted molar refractivity (Wildman–Crippen MR) is 75.8 cm³/mol. The van der Waals surface area contributed by atoms with E-state index in [0.717, 1.165) is 12.5 Å². The van der Waals surface area contributed by atoms with E-state index in [1.807, 2.05) is 6.92 Å². The van der Waals surface area contributed by atoms with Crippen molar-refractivity contribution in [1.29, 1.82) is 0 Å². The van der Waals surface area contributed by atoms with Gasteiger partial charge in [-0.05, 0) is 72.1 Å². The lowest BCUT2D eigenvalue weighted by Crippen LogP contribution is -2.49. The van der Waals surface area contributed by atoms with Gasteiger partial charge < -0.3 is 14.9 Å². The van der Waals surface area contributed by atoms with Gasteiger partial charge in [0.05, 0.1) is 6.10 Å². The van der Waals surface area contributed by atoms with Crippen LogP contribution in [0.4, 0.5) is 0 Å². The van der Waals surface area contributed by atoms with E-state index in [2.05, 4.69) is 16.7 Å². The van der Waals surface area contributed by atoms with Crippen LogP contribution in [0, 0.1) is 0 Å². The maximum Gasteiger partial charge on any atom is 0.0526 e. The number of aliphatic hydroxyl groups is 1. The SMILES string of the molecule is CC(O)CC(C)N1CCC(N2CCCCC2)CC1. The minimum atomic E-state index is -0.167. The summed E-state index contributed by atoms with van der Waals surface area (Å²) < 4.78 is 0. The molecule has 0 spiro atoms. The van der Waals surface area contributed by atoms with Gasteiger partial charge in [0.25, 0.3) is 0 Å². The molecule has 2 aliphatic heterocycles. The van der Waals surface area contributed by atoms with Crippen molar-refractivity contribution in [2.24, 2.45) is 0 Å². The van der Waals surface area contributed by atoms with Crippen molar-refractivity contribution >= 4 is 0 Å². The van der Waals surface area contributed by atoms with E-state index in [4.69, 9.17) is 0 Å².